The Kier molecular flexibility index (Phi) is 3.57. The molecular weight excluding hydrogens is 232 g/mol. The monoisotopic (exact) mass is 246 g/mol. The van der Waals surface area contributed by atoms with Crippen molar-refractivity contribution in [2.24, 2.45) is 0 Å². The maximum absolute atomic E-state index is 11.8. The molecule has 0 saturated carbocycles. The smallest absolute Gasteiger partial charge is 0.262 e. The zero-order valence-corrected chi connectivity index (χ0v) is 9.99. The molecule has 2 rings (SSSR count). The molecule has 94 valence electrons. The number of nitrogens with zero attached hydrogens (tertiary/aromatic N) is 1. The number of rotatable bonds is 4. The lowest BCUT2D eigenvalue weighted by Gasteiger charge is -1.99. The van der Waals surface area contributed by atoms with Gasteiger partial charge in [0, 0.05) is 18.0 Å². The van der Waals surface area contributed by atoms with Gasteiger partial charge in [-0.1, -0.05) is 13.3 Å². The van der Waals surface area contributed by atoms with Crippen molar-refractivity contribution in [2.45, 2.75) is 19.8 Å². The van der Waals surface area contributed by atoms with Crippen LogP contribution < -0.4 is 10.9 Å². The van der Waals surface area contributed by atoms with E-state index in [4.69, 9.17) is 0 Å². The van der Waals surface area contributed by atoms with Gasteiger partial charge in [0.05, 0.1) is 0 Å². The van der Waals surface area contributed by atoms with Crippen LogP contribution in [0.25, 0.3) is 0 Å². The summed E-state index contributed by atoms with van der Waals surface area (Å²) in [5.74, 6) is -0.0434. The minimum Gasteiger partial charge on any atom is -0.328 e. The van der Waals surface area contributed by atoms with Gasteiger partial charge in [-0.05, 0) is 18.6 Å². The third kappa shape index (κ3) is 2.65. The lowest BCUT2D eigenvalue weighted by molar-refractivity contribution is 0.102. The molecule has 0 radical (unpaired) electrons. The molecule has 6 heteroatoms. The molecule has 3 N–H and O–H groups in total. The molecule has 2 aromatic heterocycles. The summed E-state index contributed by atoms with van der Waals surface area (Å²) in [6.07, 6.45) is 3.34. The number of aryl methyl sites for hydroxylation is 1. The van der Waals surface area contributed by atoms with E-state index in [1.54, 1.807) is 12.1 Å². The van der Waals surface area contributed by atoms with E-state index in [-0.39, 0.29) is 5.56 Å². The second kappa shape index (κ2) is 5.31. The Hall–Kier alpha value is -2.37. The maximum atomic E-state index is 11.8. The number of carbonyl (C=O) groups is 1. The Balaban J connectivity index is 2.11. The molecule has 2 aromatic rings. The van der Waals surface area contributed by atoms with Gasteiger partial charge in [-0.3, -0.25) is 14.7 Å². The molecular formula is C12H14N4O2. The molecule has 0 aromatic carbocycles. The van der Waals surface area contributed by atoms with Crippen molar-refractivity contribution in [2.75, 3.05) is 5.32 Å². The van der Waals surface area contributed by atoms with Gasteiger partial charge in [0.2, 0.25) is 0 Å². The normalized spacial score (nSPS) is 10.3. The molecule has 0 aliphatic carbocycles. The van der Waals surface area contributed by atoms with E-state index in [0.717, 1.165) is 18.5 Å². The summed E-state index contributed by atoms with van der Waals surface area (Å²) < 4.78 is 0. The number of hydrogen-bond acceptors (Lipinski definition) is 3. The Bertz CT molecular complexity index is 600. The highest BCUT2D eigenvalue weighted by atomic mass is 16.2. The number of aromatic amines is 2. The molecule has 2 heterocycles. The summed E-state index contributed by atoms with van der Waals surface area (Å²) >= 11 is 0. The Morgan fingerprint density at radius 1 is 1.50 bits per heavy atom. The molecule has 0 bridgehead atoms. The predicted molar refractivity (Wildman–Crippen MR) is 67.6 cm³/mol. The van der Waals surface area contributed by atoms with Crippen LogP contribution in [0.2, 0.25) is 0 Å². The van der Waals surface area contributed by atoms with Crippen LogP contribution in [0.4, 0.5) is 5.82 Å². The van der Waals surface area contributed by atoms with Crippen LogP contribution in [-0.4, -0.2) is 21.1 Å². The zero-order valence-electron chi connectivity index (χ0n) is 9.99. The van der Waals surface area contributed by atoms with Gasteiger partial charge in [-0.25, -0.2) is 0 Å². The molecule has 0 fully saturated rings. The summed E-state index contributed by atoms with van der Waals surface area (Å²) in [5.41, 5.74) is 0.603. The van der Waals surface area contributed by atoms with Crippen LogP contribution in [0.15, 0.2) is 29.2 Å². The third-order valence-electron chi connectivity index (χ3n) is 2.45. The first-order valence-corrected chi connectivity index (χ1v) is 5.74. The van der Waals surface area contributed by atoms with Crippen LogP contribution >= 0.6 is 0 Å². The highest BCUT2D eigenvalue weighted by Crippen LogP contribution is 2.08. The van der Waals surface area contributed by atoms with Crippen LogP contribution in [0.1, 0.15) is 29.4 Å². The van der Waals surface area contributed by atoms with Crippen molar-refractivity contribution in [1.82, 2.24) is 15.2 Å². The molecule has 0 spiro atoms. The number of carbonyl (C=O) groups excluding carboxylic acids is 1. The quantitative estimate of drug-likeness (QED) is 0.759. The van der Waals surface area contributed by atoms with Crippen LogP contribution in [0.5, 0.6) is 0 Å². The predicted octanol–water partition coefficient (Wildman–Crippen LogP) is 1.30. The number of pyridine rings is 1. The number of anilines is 1. The second-order valence-electron chi connectivity index (χ2n) is 3.90. The Labute approximate surface area is 103 Å². The van der Waals surface area contributed by atoms with Crippen LogP contribution in [-0.2, 0) is 6.42 Å². The Morgan fingerprint density at radius 2 is 2.33 bits per heavy atom. The average molecular weight is 246 g/mol. The zero-order chi connectivity index (χ0) is 13.0. The maximum Gasteiger partial charge on any atom is 0.262 e. The van der Waals surface area contributed by atoms with E-state index in [1.807, 2.05) is 0 Å². The highest BCUT2D eigenvalue weighted by molar-refractivity contribution is 6.03. The molecule has 0 saturated heterocycles. The van der Waals surface area contributed by atoms with Gasteiger partial charge in [0.25, 0.3) is 11.5 Å². The van der Waals surface area contributed by atoms with Crippen molar-refractivity contribution in [3.63, 3.8) is 0 Å². The van der Waals surface area contributed by atoms with Gasteiger partial charge in [-0.2, -0.15) is 5.10 Å². The topological polar surface area (TPSA) is 90.6 Å². The van der Waals surface area contributed by atoms with Crippen molar-refractivity contribution in [3.05, 3.63) is 46.0 Å². The average Bonchev–Trinajstić information content (AvgIpc) is 2.77. The SMILES string of the molecule is CCCc1cc(NC(=O)c2ccc[nH]c2=O)n[nH]1. The van der Waals surface area contributed by atoms with Gasteiger partial charge in [-0.15, -0.1) is 0 Å². The highest BCUT2D eigenvalue weighted by Gasteiger charge is 2.11. The lowest BCUT2D eigenvalue weighted by Crippen LogP contribution is -2.22. The summed E-state index contributed by atoms with van der Waals surface area (Å²) in [4.78, 5) is 25.7. The van der Waals surface area contributed by atoms with Crippen LogP contribution in [0.3, 0.4) is 0 Å². The molecule has 1 amide bonds. The number of nitrogens with one attached hydrogen (secondary N) is 3. The fourth-order valence-electron chi connectivity index (χ4n) is 1.61. The minimum atomic E-state index is -0.466. The van der Waals surface area contributed by atoms with Crippen molar-refractivity contribution in [3.8, 4) is 0 Å². The second-order valence-corrected chi connectivity index (χ2v) is 3.90. The van der Waals surface area contributed by atoms with Gasteiger partial charge >= 0.3 is 0 Å². The van der Waals surface area contributed by atoms with Crippen molar-refractivity contribution < 1.29 is 4.79 Å². The summed E-state index contributed by atoms with van der Waals surface area (Å²) in [5, 5.41) is 9.36. The van der Waals surface area contributed by atoms with Gasteiger partial charge in [0.1, 0.15) is 5.56 Å². The molecule has 0 aliphatic rings. The largest absolute Gasteiger partial charge is 0.328 e. The minimum absolute atomic E-state index is 0.0672. The van der Waals surface area contributed by atoms with Crippen LogP contribution in [0, 0.1) is 0 Å². The van der Waals surface area contributed by atoms with E-state index in [1.165, 1.54) is 12.3 Å². The molecule has 18 heavy (non-hydrogen) atoms. The van der Waals surface area contributed by atoms with Crippen molar-refractivity contribution >= 4 is 11.7 Å². The van der Waals surface area contributed by atoms with E-state index in [2.05, 4.69) is 27.4 Å². The van der Waals surface area contributed by atoms with E-state index >= 15 is 0 Å². The summed E-state index contributed by atoms with van der Waals surface area (Å²) in [6, 6.07) is 4.83. The van der Waals surface area contributed by atoms with Gasteiger partial charge < -0.3 is 10.3 Å². The molecule has 6 nitrogen and oxygen atoms in total. The third-order valence-corrected chi connectivity index (χ3v) is 2.45. The standard InChI is InChI=1S/C12H14N4O2/c1-2-4-8-7-10(16-15-8)14-12(18)9-5-3-6-13-11(9)17/h3,5-7H,2,4H2,1H3,(H,13,17)(H2,14,15,16,18). The first-order valence-electron chi connectivity index (χ1n) is 5.74. The number of aromatic nitrogens is 3. The first-order chi connectivity index (χ1) is 8.70. The number of amides is 1. The first kappa shape index (κ1) is 12.1. The Morgan fingerprint density at radius 3 is 3.06 bits per heavy atom. The summed E-state index contributed by atoms with van der Waals surface area (Å²) in [6.45, 7) is 2.06. The number of hydrogen-bond donors (Lipinski definition) is 3. The molecule has 0 aliphatic heterocycles. The fraction of sp³-hybridized carbons (Fsp3) is 0.250. The van der Waals surface area contributed by atoms with E-state index < -0.39 is 11.5 Å². The lowest BCUT2D eigenvalue weighted by atomic mass is 10.2. The molecule has 0 atom stereocenters. The summed E-state index contributed by atoms with van der Waals surface area (Å²) in [7, 11) is 0. The fourth-order valence-corrected chi connectivity index (χ4v) is 1.61. The van der Waals surface area contributed by atoms with E-state index in [9.17, 15) is 9.59 Å². The van der Waals surface area contributed by atoms with Crippen molar-refractivity contribution in [1.29, 1.82) is 0 Å². The molecule has 0 unspecified atom stereocenters. The number of H-pyrrole nitrogens is 2. The van der Waals surface area contributed by atoms with E-state index in [0.29, 0.717) is 5.82 Å². The van der Waals surface area contributed by atoms with Gasteiger partial charge in [0.15, 0.2) is 5.82 Å².